The molecule has 0 saturated carbocycles. The van der Waals surface area contributed by atoms with Crippen molar-refractivity contribution in [3.05, 3.63) is 21.9 Å². The molecule has 2 heterocycles. The fraction of sp³-hybridized carbons (Fsp3) is 0.500. The summed E-state index contributed by atoms with van der Waals surface area (Å²) in [5.74, 6) is 0. The molecule has 0 spiro atoms. The quantitative estimate of drug-likeness (QED) is 0.650. The average Bonchev–Trinajstić information content (AvgIpc) is 2.50. The maximum absolute atomic E-state index is 8.90. The van der Waals surface area contributed by atoms with Crippen LogP contribution in [0, 0.1) is 0 Å². The van der Waals surface area contributed by atoms with Gasteiger partial charge in [-0.25, -0.2) is 0 Å². The summed E-state index contributed by atoms with van der Waals surface area (Å²) in [4.78, 5) is 1.43. The van der Waals surface area contributed by atoms with Crippen molar-refractivity contribution in [3.8, 4) is 0 Å². The van der Waals surface area contributed by atoms with E-state index in [1.807, 2.05) is 0 Å². The van der Waals surface area contributed by atoms with E-state index in [-0.39, 0.29) is 12.6 Å². The molecule has 1 aromatic heterocycles. The SMILES string of the molecule is OCC1Cc2sccc2CN1. The van der Waals surface area contributed by atoms with Crippen molar-refractivity contribution in [2.75, 3.05) is 6.61 Å². The highest BCUT2D eigenvalue weighted by molar-refractivity contribution is 7.10. The molecule has 0 aromatic carbocycles. The third-order valence-corrected chi connectivity index (χ3v) is 3.06. The fourth-order valence-electron chi connectivity index (χ4n) is 1.38. The minimum Gasteiger partial charge on any atom is -0.395 e. The molecule has 60 valence electrons. The topological polar surface area (TPSA) is 32.3 Å². The predicted molar refractivity (Wildman–Crippen MR) is 45.7 cm³/mol. The molecule has 2 rings (SSSR count). The van der Waals surface area contributed by atoms with Crippen LogP contribution in [0.3, 0.4) is 0 Å². The van der Waals surface area contributed by atoms with Crippen LogP contribution in [0.1, 0.15) is 10.4 Å². The Bertz CT molecular complexity index is 246. The Morgan fingerprint density at radius 2 is 2.64 bits per heavy atom. The number of rotatable bonds is 1. The van der Waals surface area contributed by atoms with Crippen LogP contribution in [-0.2, 0) is 13.0 Å². The van der Waals surface area contributed by atoms with E-state index in [4.69, 9.17) is 5.11 Å². The van der Waals surface area contributed by atoms with Gasteiger partial charge in [0.05, 0.1) is 6.61 Å². The minimum atomic E-state index is 0.247. The van der Waals surface area contributed by atoms with E-state index in [9.17, 15) is 0 Å². The molecule has 1 aliphatic heterocycles. The van der Waals surface area contributed by atoms with E-state index in [2.05, 4.69) is 16.8 Å². The number of aliphatic hydroxyl groups is 1. The van der Waals surface area contributed by atoms with E-state index in [1.54, 1.807) is 11.3 Å². The third kappa shape index (κ3) is 1.31. The molecule has 1 unspecified atom stereocenters. The van der Waals surface area contributed by atoms with Crippen molar-refractivity contribution in [3.63, 3.8) is 0 Å². The summed E-state index contributed by atoms with van der Waals surface area (Å²) in [5, 5.41) is 14.3. The van der Waals surface area contributed by atoms with Crippen LogP contribution in [0.5, 0.6) is 0 Å². The summed E-state index contributed by atoms with van der Waals surface area (Å²) < 4.78 is 0. The Morgan fingerprint density at radius 1 is 1.73 bits per heavy atom. The molecule has 0 fully saturated rings. The molecule has 0 radical (unpaired) electrons. The number of aliphatic hydroxyl groups excluding tert-OH is 1. The number of fused-ring (bicyclic) bond motifs is 1. The van der Waals surface area contributed by atoms with Crippen LogP contribution < -0.4 is 5.32 Å². The van der Waals surface area contributed by atoms with Crippen LogP contribution in [0.4, 0.5) is 0 Å². The standard InChI is InChI=1S/C8H11NOS/c10-5-7-3-8-6(4-9-7)1-2-11-8/h1-2,7,9-10H,3-5H2. The first kappa shape index (κ1) is 7.28. The first-order chi connectivity index (χ1) is 5.40. The highest BCUT2D eigenvalue weighted by atomic mass is 32.1. The number of hydrogen-bond acceptors (Lipinski definition) is 3. The lowest BCUT2D eigenvalue weighted by Gasteiger charge is -2.21. The maximum Gasteiger partial charge on any atom is 0.0588 e. The Morgan fingerprint density at radius 3 is 3.45 bits per heavy atom. The Hall–Kier alpha value is -0.380. The second-order valence-electron chi connectivity index (χ2n) is 2.83. The summed E-state index contributed by atoms with van der Waals surface area (Å²) in [7, 11) is 0. The molecular weight excluding hydrogens is 158 g/mol. The summed E-state index contributed by atoms with van der Waals surface area (Å²) in [6, 6.07) is 2.43. The maximum atomic E-state index is 8.90. The molecule has 2 N–H and O–H groups in total. The van der Waals surface area contributed by atoms with Gasteiger partial charge in [-0.3, -0.25) is 0 Å². The molecule has 0 saturated heterocycles. The van der Waals surface area contributed by atoms with E-state index in [0.717, 1.165) is 13.0 Å². The van der Waals surface area contributed by atoms with Crippen molar-refractivity contribution < 1.29 is 5.11 Å². The fourth-order valence-corrected chi connectivity index (χ4v) is 2.37. The smallest absolute Gasteiger partial charge is 0.0588 e. The Balaban J connectivity index is 2.18. The number of thiophene rings is 1. The van der Waals surface area contributed by atoms with Crippen molar-refractivity contribution >= 4 is 11.3 Å². The predicted octanol–water partition coefficient (Wildman–Crippen LogP) is 0.755. The molecule has 1 aromatic rings. The summed E-state index contributed by atoms with van der Waals surface area (Å²) in [6.07, 6.45) is 0.990. The van der Waals surface area contributed by atoms with Gasteiger partial charge >= 0.3 is 0 Å². The van der Waals surface area contributed by atoms with Crippen LogP contribution in [0.2, 0.25) is 0 Å². The lowest BCUT2D eigenvalue weighted by atomic mass is 10.1. The lowest BCUT2D eigenvalue weighted by Crippen LogP contribution is -2.37. The molecule has 0 aliphatic carbocycles. The normalized spacial score (nSPS) is 23.2. The Kier molecular flexibility index (Phi) is 1.94. The summed E-state index contributed by atoms with van der Waals surface area (Å²) in [6.45, 7) is 1.17. The first-order valence-corrected chi connectivity index (χ1v) is 4.67. The van der Waals surface area contributed by atoms with Crippen LogP contribution >= 0.6 is 11.3 Å². The van der Waals surface area contributed by atoms with Crippen molar-refractivity contribution in [2.24, 2.45) is 0 Å². The molecule has 3 heteroatoms. The number of hydrogen-bond donors (Lipinski definition) is 2. The van der Waals surface area contributed by atoms with Crippen LogP contribution in [0.15, 0.2) is 11.4 Å². The largest absolute Gasteiger partial charge is 0.395 e. The molecule has 2 nitrogen and oxygen atoms in total. The second kappa shape index (κ2) is 2.93. The molecule has 0 bridgehead atoms. The van der Waals surface area contributed by atoms with Gasteiger partial charge in [0, 0.05) is 17.5 Å². The Labute approximate surface area is 69.9 Å². The van der Waals surface area contributed by atoms with E-state index in [0.29, 0.717) is 0 Å². The highest BCUT2D eigenvalue weighted by Gasteiger charge is 2.17. The first-order valence-electron chi connectivity index (χ1n) is 3.79. The van der Waals surface area contributed by atoms with E-state index < -0.39 is 0 Å². The van der Waals surface area contributed by atoms with Crippen molar-refractivity contribution in [1.29, 1.82) is 0 Å². The number of nitrogens with one attached hydrogen (secondary N) is 1. The molecule has 1 aliphatic rings. The molecule has 1 atom stereocenters. The monoisotopic (exact) mass is 169 g/mol. The van der Waals surface area contributed by atoms with E-state index in [1.165, 1.54) is 10.4 Å². The lowest BCUT2D eigenvalue weighted by molar-refractivity contribution is 0.237. The van der Waals surface area contributed by atoms with Gasteiger partial charge in [-0.15, -0.1) is 11.3 Å². The molecule has 11 heavy (non-hydrogen) atoms. The van der Waals surface area contributed by atoms with Crippen LogP contribution in [0.25, 0.3) is 0 Å². The van der Waals surface area contributed by atoms with Gasteiger partial charge in [0.1, 0.15) is 0 Å². The van der Waals surface area contributed by atoms with Gasteiger partial charge in [-0.05, 0) is 23.4 Å². The molecular formula is C8H11NOS. The van der Waals surface area contributed by atoms with Gasteiger partial charge in [0.2, 0.25) is 0 Å². The van der Waals surface area contributed by atoms with Gasteiger partial charge in [0.15, 0.2) is 0 Å². The second-order valence-corrected chi connectivity index (χ2v) is 3.83. The third-order valence-electron chi connectivity index (χ3n) is 2.07. The van der Waals surface area contributed by atoms with Gasteiger partial charge in [0.25, 0.3) is 0 Å². The zero-order valence-electron chi connectivity index (χ0n) is 6.21. The molecule has 0 amide bonds. The zero-order chi connectivity index (χ0) is 7.68. The van der Waals surface area contributed by atoms with Crippen LogP contribution in [-0.4, -0.2) is 17.8 Å². The average molecular weight is 169 g/mol. The zero-order valence-corrected chi connectivity index (χ0v) is 7.03. The van der Waals surface area contributed by atoms with Gasteiger partial charge in [-0.2, -0.15) is 0 Å². The van der Waals surface area contributed by atoms with E-state index >= 15 is 0 Å². The summed E-state index contributed by atoms with van der Waals surface area (Å²) >= 11 is 1.79. The van der Waals surface area contributed by atoms with Crippen molar-refractivity contribution in [2.45, 2.75) is 19.0 Å². The highest BCUT2D eigenvalue weighted by Crippen LogP contribution is 2.21. The van der Waals surface area contributed by atoms with Gasteiger partial charge < -0.3 is 10.4 Å². The summed E-state index contributed by atoms with van der Waals surface area (Å²) in [5.41, 5.74) is 1.40. The van der Waals surface area contributed by atoms with Gasteiger partial charge in [-0.1, -0.05) is 0 Å². The van der Waals surface area contributed by atoms with Crippen molar-refractivity contribution in [1.82, 2.24) is 5.32 Å². The minimum absolute atomic E-state index is 0.247.